The first kappa shape index (κ1) is 17.1. The number of carbonyl (C=O) groups excluding carboxylic acids is 2. The van der Waals surface area contributed by atoms with E-state index in [2.05, 4.69) is 14.7 Å². The summed E-state index contributed by atoms with van der Waals surface area (Å²) in [5.74, 6) is -1.10. The Kier molecular flexibility index (Phi) is 4.77. The summed E-state index contributed by atoms with van der Waals surface area (Å²) in [6, 6.07) is 7.05. The molecular weight excluding hydrogens is 366 g/mol. The third kappa shape index (κ3) is 3.67. The lowest BCUT2D eigenvalue weighted by atomic mass is 10.2. The van der Waals surface area contributed by atoms with Gasteiger partial charge in [0.15, 0.2) is 5.69 Å². The second-order valence-electron chi connectivity index (χ2n) is 5.15. The summed E-state index contributed by atoms with van der Waals surface area (Å²) >= 11 is 6.63. The van der Waals surface area contributed by atoms with Gasteiger partial charge in [-0.15, -0.1) is 0 Å². The van der Waals surface area contributed by atoms with Crippen LogP contribution < -0.4 is 16.6 Å². The molecule has 1 aromatic carbocycles. The number of hydrogen-bond donors (Lipinski definition) is 2. The highest BCUT2D eigenvalue weighted by Crippen LogP contribution is 2.16. The van der Waals surface area contributed by atoms with E-state index in [-0.39, 0.29) is 28.4 Å². The van der Waals surface area contributed by atoms with E-state index in [4.69, 9.17) is 17.3 Å². The highest BCUT2D eigenvalue weighted by molar-refractivity contribution is 7.13. The third-order valence-electron chi connectivity index (χ3n) is 3.40. The molecule has 2 aromatic heterocycles. The van der Waals surface area contributed by atoms with Gasteiger partial charge in [-0.05, 0) is 29.2 Å². The number of halogens is 1. The van der Waals surface area contributed by atoms with Gasteiger partial charge in [0.2, 0.25) is 5.91 Å². The number of aromatic nitrogens is 3. The van der Waals surface area contributed by atoms with Gasteiger partial charge in [0.05, 0.1) is 6.33 Å². The van der Waals surface area contributed by atoms with Crippen molar-refractivity contribution >= 4 is 45.2 Å². The zero-order valence-corrected chi connectivity index (χ0v) is 14.3. The van der Waals surface area contributed by atoms with Gasteiger partial charge in [-0.2, -0.15) is 4.37 Å². The van der Waals surface area contributed by atoms with Crippen LogP contribution in [-0.2, 0) is 17.9 Å². The van der Waals surface area contributed by atoms with Crippen LogP contribution in [-0.4, -0.2) is 25.7 Å². The first-order chi connectivity index (χ1) is 12.0. The highest BCUT2D eigenvalue weighted by Gasteiger charge is 2.17. The molecule has 0 spiro atoms. The van der Waals surface area contributed by atoms with E-state index in [1.807, 2.05) is 0 Å². The topological polar surface area (TPSA) is 120 Å². The van der Waals surface area contributed by atoms with Crippen molar-refractivity contribution in [1.82, 2.24) is 19.2 Å². The second-order valence-corrected chi connectivity index (χ2v) is 6.36. The van der Waals surface area contributed by atoms with Crippen LogP contribution in [0.2, 0.25) is 5.02 Å². The summed E-state index contributed by atoms with van der Waals surface area (Å²) in [5.41, 5.74) is 5.72. The molecule has 0 aliphatic heterocycles. The van der Waals surface area contributed by atoms with Crippen LogP contribution >= 0.6 is 23.1 Å². The molecule has 3 rings (SSSR count). The first-order valence-electron chi connectivity index (χ1n) is 7.11. The molecule has 8 nitrogen and oxygen atoms in total. The van der Waals surface area contributed by atoms with Gasteiger partial charge in [-0.3, -0.25) is 19.0 Å². The lowest BCUT2D eigenvalue weighted by Crippen LogP contribution is -2.32. The van der Waals surface area contributed by atoms with Crippen LogP contribution in [0.4, 0.5) is 0 Å². The standard InChI is InChI=1S/C15H12ClN5O3S/c16-9-3-1-8(2-4-9)5-18-10(22)6-21-7-19-11-12(14(17)23)20-25-13(11)15(21)24/h1-4,7H,5-6H2,(H2,17,23)(H,18,22). The van der Waals surface area contributed by atoms with Crippen molar-refractivity contribution in [3.05, 3.63) is 57.2 Å². The van der Waals surface area contributed by atoms with E-state index in [1.165, 1.54) is 6.33 Å². The lowest BCUT2D eigenvalue weighted by molar-refractivity contribution is -0.121. The number of amides is 2. The average molecular weight is 378 g/mol. The first-order valence-corrected chi connectivity index (χ1v) is 8.26. The second kappa shape index (κ2) is 6.99. The number of primary amides is 1. The van der Waals surface area contributed by atoms with Crippen molar-refractivity contribution in [1.29, 1.82) is 0 Å². The maximum absolute atomic E-state index is 12.4. The normalized spacial score (nSPS) is 10.8. The van der Waals surface area contributed by atoms with Crippen molar-refractivity contribution in [2.24, 2.45) is 5.73 Å². The monoisotopic (exact) mass is 377 g/mol. The van der Waals surface area contributed by atoms with E-state index < -0.39 is 11.5 Å². The zero-order valence-electron chi connectivity index (χ0n) is 12.7. The zero-order chi connectivity index (χ0) is 18.0. The summed E-state index contributed by atoms with van der Waals surface area (Å²) in [4.78, 5) is 39.7. The van der Waals surface area contributed by atoms with Crippen LogP contribution in [0.1, 0.15) is 16.1 Å². The summed E-state index contributed by atoms with van der Waals surface area (Å²) in [6.45, 7) is 0.117. The molecule has 3 N–H and O–H groups in total. The van der Waals surface area contributed by atoms with Gasteiger partial charge in [0, 0.05) is 11.6 Å². The minimum absolute atomic E-state index is 0.0450. The van der Waals surface area contributed by atoms with E-state index in [0.717, 1.165) is 21.7 Å². The number of nitrogens with zero attached hydrogens (tertiary/aromatic N) is 3. The molecule has 2 amide bonds. The summed E-state index contributed by atoms with van der Waals surface area (Å²) < 4.78 is 5.18. The predicted molar refractivity (Wildman–Crippen MR) is 93.5 cm³/mol. The van der Waals surface area contributed by atoms with Crippen LogP contribution in [0.3, 0.4) is 0 Å². The number of carbonyl (C=O) groups is 2. The van der Waals surface area contributed by atoms with Crippen LogP contribution in [0.25, 0.3) is 10.2 Å². The van der Waals surface area contributed by atoms with Crippen molar-refractivity contribution in [3.63, 3.8) is 0 Å². The maximum atomic E-state index is 12.4. The highest BCUT2D eigenvalue weighted by atomic mass is 35.5. The molecule has 0 aliphatic rings. The molecular formula is C15H12ClN5O3S. The fourth-order valence-electron chi connectivity index (χ4n) is 2.14. The molecule has 0 saturated heterocycles. The number of nitrogens with two attached hydrogens (primary N) is 1. The number of nitrogens with one attached hydrogen (secondary N) is 1. The fraction of sp³-hybridized carbons (Fsp3) is 0.133. The Labute approximate surface area is 150 Å². The summed E-state index contributed by atoms with van der Waals surface area (Å²) in [7, 11) is 0. The van der Waals surface area contributed by atoms with Crippen LogP contribution in [0, 0.1) is 0 Å². The Balaban J connectivity index is 1.73. The number of benzene rings is 1. The summed E-state index contributed by atoms with van der Waals surface area (Å²) in [6.07, 6.45) is 1.20. The largest absolute Gasteiger partial charge is 0.364 e. The smallest absolute Gasteiger partial charge is 0.273 e. The molecule has 0 atom stereocenters. The van der Waals surface area contributed by atoms with Gasteiger partial charge in [0.1, 0.15) is 16.8 Å². The molecule has 3 aromatic rings. The number of rotatable bonds is 5. The minimum Gasteiger partial charge on any atom is -0.364 e. The molecule has 128 valence electrons. The number of hydrogen-bond acceptors (Lipinski definition) is 6. The van der Waals surface area contributed by atoms with Crippen molar-refractivity contribution in [2.75, 3.05) is 0 Å². The molecule has 2 heterocycles. The Hall–Kier alpha value is -2.78. The molecule has 10 heteroatoms. The van der Waals surface area contributed by atoms with Crippen LogP contribution in [0.15, 0.2) is 35.4 Å². The molecule has 0 unspecified atom stereocenters. The molecule has 0 bridgehead atoms. The van der Waals surface area contributed by atoms with E-state index >= 15 is 0 Å². The third-order valence-corrected chi connectivity index (χ3v) is 4.48. The quantitative estimate of drug-likeness (QED) is 0.685. The van der Waals surface area contributed by atoms with Crippen LogP contribution in [0.5, 0.6) is 0 Å². The van der Waals surface area contributed by atoms with Gasteiger partial charge in [-0.25, -0.2) is 4.98 Å². The molecule has 0 radical (unpaired) electrons. The van der Waals surface area contributed by atoms with E-state index in [9.17, 15) is 14.4 Å². The van der Waals surface area contributed by atoms with Gasteiger partial charge in [0.25, 0.3) is 11.5 Å². The van der Waals surface area contributed by atoms with Gasteiger partial charge in [-0.1, -0.05) is 23.7 Å². The van der Waals surface area contributed by atoms with E-state index in [1.54, 1.807) is 24.3 Å². The summed E-state index contributed by atoms with van der Waals surface area (Å²) in [5, 5.41) is 3.32. The lowest BCUT2D eigenvalue weighted by Gasteiger charge is -2.07. The molecule has 0 fully saturated rings. The van der Waals surface area contributed by atoms with Crippen molar-refractivity contribution < 1.29 is 9.59 Å². The Morgan fingerprint density at radius 2 is 2.00 bits per heavy atom. The van der Waals surface area contributed by atoms with Crippen molar-refractivity contribution in [2.45, 2.75) is 13.1 Å². The average Bonchev–Trinajstić information content (AvgIpc) is 3.02. The van der Waals surface area contributed by atoms with Gasteiger partial charge < -0.3 is 11.1 Å². The molecule has 25 heavy (non-hydrogen) atoms. The molecule has 0 aliphatic carbocycles. The van der Waals surface area contributed by atoms with Gasteiger partial charge >= 0.3 is 0 Å². The van der Waals surface area contributed by atoms with E-state index in [0.29, 0.717) is 11.6 Å². The van der Waals surface area contributed by atoms with Crippen molar-refractivity contribution in [3.8, 4) is 0 Å². The SMILES string of the molecule is NC(=O)c1nsc2c(=O)n(CC(=O)NCc3ccc(Cl)cc3)cnc12. The number of fused-ring (bicyclic) bond motifs is 1. The Morgan fingerprint density at radius 3 is 2.68 bits per heavy atom. The Morgan fingerprint density at radius 1 is 1.28 bits per heavy atom. The predicted octanol–water partition coefficient (Wildman–Crippen LogP) is 0.922. The molecule has 0 saturated carbocycles. The fourth-order valence-corrected chi connectivity index (χ4v) is 3.06. The minimum atomic E-state index is -0.753. The Bertz CT molecular complexity index is 1010. The maximum Gasteiger partial charge on any atom is 0.273 e.